The summed E-state index contributed by atoms with van der Waals surface area (Å²) in [4.78, 5) is 8.80. The van der Waals surface area contributed by atoms with Crippen molar-refractivity contribution >= 4 is 32.1 Å². The van der Waals surface area contributed by atoms with Crippen LogP contribution in [0.3, 0.4) is 0 Å². The van der Waals surface area contributed by atoms with E-state index in [0.717, 1.165) is 5.56 Å². The monoisotopic (exact) mass is 370 g/mol. The standard InChI is InChI=1S/C17H18N6O2S/c1-11-2-4-12(5-3-11)26(24,25)23-7-6-13-16-14(9-20-17(13)23)21-10-22(16)15(19)8-18/h2-7,9-10,15H,8,18-19H2,1H3. The van der Waals surface area contributed by atoms with Gasteiger partial charge in [-0.05, 0) is 25.1 Å². The Morgan fingerprint density at radius 3 is 2.58 bits per heavy atom. The summed E-state index contributed by atoms with van der Waals surface area (Å²) in [5.74, 6) is 0. The van der Waals surface area contributed by atoms with E-state index in [4.69, 9.17) is 11.5 Å². The number of aromatic nitrogens is 4. The SMILES string of the molecule is Cc1ccc(S(=O)(=O)n2ccc3c4c(cnc32)ncn4C(N)CN)cc1. The van der Waals surface area contributed by atoms with Crippen LogP contribution in [0.2, 0.25) is 0 Å². The maximum absolute atomic E-state index is 13.0. The smallest absolute Gasteiger partial charge is 0.269 e. The van der Waals surface area contributed by atoms with Crippen molar-refractivity contribution in [2.45, 2.75) is 18.0 Å². The molecule has 3 aromatic heterocycles. The molecular weight excluding hydrogens is 352 g/mol. The number of nitrogens with zero attached hydrogens (tertiary/aromatic N) is 4. The first-order valence-electron chi connectivity index (χ1n) is 8.04. The van der Waals surface area contributed by atoms with E-state index < -0.39 is 16.2 Å². The fourth-order valence-corrected chi connectivity index (χ4v) is 4.27. The van der Waals surface area contributed by atoms with Crippen molar-refractivity contribution < 1.29 is 8.42 Å². The van der Waals surface area contributed by atoms with E-state index in [9.17, 15) is 8.42 Å². The molecule has 1 aromatic carbocycles. The Morgan fingerprint density at radius 2 is 1.88 bits per heavy atom. The van der Waals surface area contributed by atoms with Gasteiger partial charge in [0.05, 0.1) is 29.1 Å². The summed E-state index contributed by atoms with van der Waals surface area (Å²) in [7, 11) is -3.76. The minimum atomic E-state index is -3.76. The molecular formula is C17H18N6O2S. The topological polar surface area (TPSA) is 122 Å². The second-order valence-electron chi connectivity index (χ2n) is 6.11. The van der Waals surface area contributed by atoms with Crippen molar-refractivity contribution in [3.63, 3.8) is 0 Å². The van der Waals surface area contributed by atoms with Crippen LogP contribution in [0.25, 0.3) is 22.1 Å². The molecule has 26 heavy (non-hydrogen) atoms. The highest BCUT2D eigenvalue weighted by Crippen LogP contribution is 2.27. The summed E-state index contributed by atoms with van der Waals surface area (Å²) >= 11 is 0. The fraction of sp³-hybridized carbons (Fsp3) is 0.176. The summed E-state index contributed by atoms with van der Waals surface area (Å²) in [5.41, 5.74) is 14.4. The number of imidazole rings is 1. The first-order valence-corrected chi connectivity index (χ1v) is 9.48. The average Bonchev–Trinajstić information content (AvgIpc) is 3.25. The molecule has 4 rings (SSSR count). The van der Waals surface area contributed by atoms with Gasteiger partial charge in [0, 0.05) is 18.1 Å². The van der Waals surface area contributed by atoms with E-state index >= 15 is 0 Å². The Hall–Kier alpha value is -2.75. The third-order valence-corrected chi connectivity index (χ3v) is 6.07. The van der Waals surface area contributed by atoms with E-state index in [-0.39, 0.29) is 11.4 Å². The number of hydrogen-bond donors (Lipinski definition) is 2. The third-order valence-electron chi connectivity index (χ3n) is 4.39. The Kier molecular flexibility index (Phi) is 3.79. The summed E-state index contributed by atoms with van der Waals surface area (Å²) in [6, 6.07) is 8.41. The maximum Gasteiger partial charge on any atom is 0.269 e. The third kappa shape index (κ3) is 2.40. The molecule has 4 aromatic rings. The molecule has 0 saturated carbocycles. The zero-order valence-electron chi connectivity index (χ0n) is 14.1. The number of benzene rings is 1. The van der Waals surface area contributed by atoms with Crippen molar-refractivity contribution in [1.82, 2.24) is 18.5 Å². The molecule has 134 valence electrons. The van der Waals surface area contributed by atoms with Gasteiger partial charge in [-0.3, -0.25) is 0 Å². The van der Waals surface area contributed by atoms with Crippen molar-refractivity contribution in [3.05, 3.63) is 54.6 Å². The molecule has 0 amide bonds. The first kappa shape index (κ1) is 16.7. The van der Waals surface area contributed by atoms with Crippen LogP contribution >= 0.6 is 0 Å². The highest BCUT2D eigenvalue weighted by Gasteiger charge is 2.22. The molecule has 0 saturated heterocycles. The number of aryl methyl sites for hydroxylation is 1. The van der Waals surface area contributed by atoms with Crippen LogP contribution in [-0.4, -0.2) is 33.5 Å². The van der Waals surface area contributed by atoms with Crippen molar-refractivity contribution in [2.24, 2.45) is 11.5 Å². The number of fused-ring (bicyclic) bond motifs is 3. The Morgan fingerprint density at radius 1 is 1.15 bits per heavy atom. The van der Waals surface area contributed by atoms with Crippen molar-refractivity contribution in [2.75, 3.05) is 6.54 Å². The lowest BCUT2D eigenvalue weighted by Gasteiger charge is -2.12. The molecule has 1 atom stereocenters. The number of nitrogens with two attached hydrogens (primary N) is 2. The van der Waals surface area contributed by atoms with Gasteiger partial charge in [-0.15, -0.1) is 0 Å². The van der Waals surface area contributed by atoms with Crippen LogP contribution < -0.4 is 11.5 Å². The highest BCUT2D eigenvalue weighted by atomic mass is 32.2. The summed E-state index contributed by atoms with van der Waals surface area (Å²) in [6.45, 7) is 2.14. The lowest BCUT2D eigenvalue weighted by Crippen LogP contribution is -2.26. The van der Waals surface area contributed by atoms with E-state index in [1.165, 1.54) is 10.2 Å². The van der Waals surface area contributed by atoms with E-state index in [0.29, 0.717) is 22.1 Å². The molecule has 0 bridgehead atoms. The quantitative estimate of drug-likeness (QED) is 0.559. The van der Waals surface area contributed by atoms with Crippen molar-refractivity contribution in [1.29, 1.82) is 0 Å². The molecule has 9 heteroatoms. The van der Waals surface area contributed by atoms with Gasteiger partial charge in [0.25, 0.3) is 10.0 Å². The largest absolute Gasteiger partial charge is 0.327 e. The van der Waals surface area contributed by atoms with E-state index in [1.807, 2.05) is 6.92 Å². The van der Waals surface area contributed by atoms with Crippen LogP contribution in [0.15, 0.2) is 53.9 Å². The van der Waals surface area contributed by atoms with Gasteiger partial charge in [-0.1, -0.05) is 17.7 Å². The van der Waals surface area contributed by atoms with Gasteiger partial charge in [0.1, 0.15) is 5.52 Å². The average molecular weight is 370 g/mol. The zero-order chi connectivity index (χ0) is 18.5. The van der Waals surface area contributed by atoms with Gasteiger partial charge < -0.3 is 16.0 Å². The minimum Gasteiger partial charge on any atom is -0.327 e. The Labute approximate surface area is 150 Å². The van der Waals surface area contributed by atoms with E-state index in [1.54, 1.807) is 47.4 Å². The molecule has 0 aliphatic carbocycles. The molecule has 0 fully saturated rings. The van der Waals surface area contributed by atoms with Crippen LogP contribution in [0.5, 0.6) is 0 Å². The van der Waals surface area contributed by atoms with Gasteiger partial charge >= 0.3 is 0 Å². The first-order chi connectivity index (χ1) is 12.4. The molecule has 1 unspecified atom stereocenters. The lowest BCUT2D eigenvalue weighted by molar-refractivity contribution is 0.547. The fourth-order valence-electron chi connectivity index (χ4n) is 2.97. The van der Waals surface area contributed by atoms with Crippen LogP contribution in [-0.2, 0) is 10.0 Å². The number of pyridine rings is 1. The Bertz CT molecular complexity index is 1210. The zero-order valence-corrected chi connectivity index (χ0v) is 14.9. The summed E-state index contributed by atoms with van der Waals surface area (Å²) < 4.78 is 29.0. The number of rotatable bonds is 4. The Balaban J connectivity index is 1.97. The summed E-state index contributed by atoms with van der Waals surface area (Å²) in [6.07, 6.45) is 4.17. The van der Waals surface area contributed by atoms with E-state index in [2.05, 4.69) is 9.97 Å². The molecule has 0 spiro atoms. The maximum atomic E-state index is 13.0. The predicted molar refractivity (Wildman–Crippen MR) is 99.1 cm³/mol. The van der Waals surface area contributed by atoms with Crippen LogP contribution in [0.4, 0.5) is 0 Å². The highest BCUT2D eigenvalue weighted by molar-refractivity contribution is 7.90. The molecule has 8 nitrogen and oxygen atoms in total. The van der Waals surface area contributed by atoms with Crippen LogP contribution in [0.1, 0.15) is 11.7 Å². The van der Waals surface area contributed by atoms with Gasteiger partial charge in [-0.2, -0.15) is 0 Å². The predicted octanol–water partition coefficient (Wildman–Crippen LogP) is 1.35. The second-order valence-corrected chi connectivity index (χ2v) is 7.93. The van der Waals surface area contributed by atoms with Crippen molar-refractivity contribution in [3.8, 4) is 0 Å². The van der Waals surface area contributed by atoms with Gasteiger partial charge in [-0.25, -0.2) is 22.4 Å². The second kappa shape index (κ2) is 5.90. The molecule has 0 radical (unpaired) electrons. The van der Waals surface area contributed by atoms with Gasteiger partial charge in [0.2, 0.25) is 0 Å². The number of hydrogen-bond acceptors (Lipinski definition) is 6. The van der Waals surface area contributed by atoms with Crippen LogP contribution in [0, 0.1) is 6.92 Å². The summed E-state index contributed by atoms with van der Waals surface area (Å²) in [5, 5.41) is 0.652. The van der Waals surface area contributed by atoms with Gasteiger partial charge in [0.15, 0.2) is 5.65 Å². The lowest BCUT2D eigenvalue weighted by atomic mass is 10.2. The molecule has 0 aliphatic heterocycles. The minimum absolute atomic E-state index is 0.203. The molecule has 3 heterocycles. The molecule has 4 N–H and O–H groups in total. The molecule has 0 aliphatic rings. The normalized spacial score (nSPS) is 13.5.